The minimum absolute atomic E-state index is 0.0922. The number of ether oxygens (including phenoxy) is 1. The fraction of sp³-hybridized carbons (Fsp3) is 0.684. The molecule has 0 unspecified atom stereocenters. The molecule has 0 aromatic heterocycles. The van der Waals surface area contributed by atoms with E-state index in [1.54, 1.807) is 6.07 Å². The number of hydrogen-bond donors (Lipinski definition) is 2. The Hall–Kier alpha value is -1.40. The van der Waals surface area contributed by atoms with Gasteiger partial charge >= 0.3 is 20.6 Å². The van der Waals surface area contributed by atoms with Crippen molar-refractivity contribution in [2.45, 2.75) is 57.5 Å². The van der Waals surface area contributed by atoms with Gasteiger partial charge in [-0.3, -0.25) is 4.18 Å². The minimum atomic E-state index is -4.18. The van der Waals surface area contributed by atoms with Crippen LogP contribution in [0.2, 0.25) is 0 Å². The molecule has 4 rings (SSSR count). The molecule has 3 aliphatic carbocycles. The molecule has 168 valence electrons. The number of rotatable bonds is 5. The fourth-order valence-corrected chi connectivity index (χ4v) is 7.22. The maximum absolute atomic E-state index is 11.5. The molecule has 30 heavy (non-hydrogen) atoms. The Labute approximate surface area is 177 Å². The van der Waals surface area contributed by atoms with Gasteiger partial charge < -0.3 is 8.92 Å². The second-order valence-corrected chi connectivity index (χ2v) is 11.2. The lowest BCUT2D eigenvalue weighted by Crippen LogP contribution is -2.45. The third-order valence-corrected chi connectivity index (χ3v) is 8.29. The summed E-state index contributed by atoms with van der Waals surface area (Å²) in [7, 11) is -6.73. The first-order valence-electron chi connectivity index (χ1n) is 10.1. The molecule has 0 amide bonds. The van der Waals surface area contributed by atoms with Crippen LogP contribution in [0.4, 0.5) is 0 Å². The zero-order chi connectivity index (χ0) is 21.9. The summed E-state index contributed by atoms with van der Waals surface area (Å²) in [6.45, 7) is 2.11. The number of methoxy groups -OCH3 is 1. The Bertz CT molecular complexity index is 1060. The van der Waals surface area contributed by atoms with Crippen LogP contribution in [0.1, 0.15) is 56.1 Å². The van der Waals surface area contributed by atoms with Gasteiger partial charge in [-0.1, -0.05) is 6.92 Å². The molecule has 11 heteroatoms. The van der Waals surface area contributed by atoms with E-state index >= 15 is 0 Å². The van der Waals surface area contributed by atoms with Crippen molar-refractivity contribution in [3.63, 3.8) is 0 Å². The quantitative estimate of drug-likeness (QED) is 0.679. The number of hydrogen-bond acceptors (Lipinski definition) is 7. The van der Waals surface area contributed by atoms with Crippen molar-refractivity contribution in [1.82, 2.24) is 0 Å². The first-order chi connectivity index (χ1) is 13.9. The third-order valence-electron chi connectivity index (χ3n) is 7.38. The average Bonchev–Trinajstić information content (AvgIpc) is 2.94. The average molecular weight is 461 g/mol. The van der Waals surface area contributed by atoms with Crippen molar-refractivity contribution in [2.24, 2.45) is 27.5 Å². The Morgan fingerprint density at radius 2 is 1.73 bits per heavy atom. The molecule has 1 aromatic carbocycles. The van der Waals surface area contributed by atoms with Gasteiger partial charge in [-0.15, -0.1) is 0 Å². The van der Waals surface area contributed by atoms with Crippen LogP contribution in [-0.4, -0.2) is 30.0 Å². The highest BCUT2D eigenvalue weighted by Gasteiger charge is 2.56. The van der Waals surface area contributed by atoms with Crippen LogP contribution in [-0.2, 0) is 31.2 Å². The molecule has 5 atom stereocenters. The summed E-state index contributed by atoms with van der Waals surface area (Å²) in [6.07, 6.45) is 4.58. The van der Waals surface area contributed by atoms with E-state index in [9.17, 15) is 16.8 Å². The zero-order valence-corrected chi connectivity index (χ0v) is 18.7. The molecule has 0 saturated heterocycles. The third kappa shape index (κ3) is 3.93. The second-order valence-electron chi connectivity index (χ2n) is 8.89. The number of fused-ring (bicyclic) bond motifs is 5. The predicted molar refractivity (Wildman–Crippen MR) is 109 cm³/mol. The molecule has 0 aliphatic heterocycles. The van der Waals surface area contributed by atoms with Crippen LogP contribution >= 0.6 is 0 Å². The monoisotopic (exact) mass is 460 g/mol. The Balaban J connectivity index is 1.67. The molecule has 4 N–H and O–H groups in total. The van der Waals surface area contributed by atoms with Crippen LogP contribution in [0.3, 0.4) is 0 Å². The largest absolute Gasteiger partial charge is 0.493 e. The highest BCUT2D eigenvalue weighted by molar-refractivity contribution is 7.84. The Morgan fingerprint density at radius 3 is 2.37 bits per heavy atom. The van der Waals surface area contributed by atoms with E-state index in [0.29, 0.717) is 24.0 Å². The number of aryl methyl sites for hydroxylation is 1. The molecule has 2 saturated carbocycles. The SMILES string of the molecule is COc1cc2c(cc1OS(N)(=O)=O)[C@H]1CC[C@]3(C)[C@@H](OS(N)(=O)=O)CC[C@H]3[C@H]1CC2. The highest BCUT2D eigenvalue weighted by atomic mass is 32.2. The highest BCUT2D eigenvalue weighted by Crippen LogP contribution is 2.62. The van der Waals surface area contributed by atoms with Gasteiger partial charge in [0.05, 0.1) is 13.2 Å². The molecule has 0 bridgehead atoms. The summed E-state index contributed by atoms with van der Waals surface area (Å²) in [5.41, 5.74) is 1.93. The molecule has 0 heterocycles. The van der Waals surface area contributed by atoms with Crippen LogP contribution in [0.5, 0.6) is 11.5 Å². The normalized spacial score (nSPS) is 33.3. The van der Waals surface area contributed by atoms with Gasteiger partial charge in [0.25, 0.3) is 0 Å². The van der Waals surface area contributed by atoms with E-state index in [0.717, 1.165) is 43.2 Å². The van der Waals surface area contributed by atoms with Crippen molar-refractivity contribution >= 4 is 20.6 Å². The molecule has 0 radical (unpaired) electrons. The van der Waals surface area contributed by atoms with E-state index < -0.39 is 26.7 Å². The van der Waals surface area contributed by atoms with Crippen molar-refractivity contribution in [2.75, 3.05) is 7.11 Å². The van der Waals surface area contributed by atoms with Gasteiger partial charge in [0.15, 0.2) is 11.5 Å². The standard InChI is InChI=1S/C19H28N2O7S2/c1-19-8-7-12-13(15(19)5-6-18(19)28-30(21,24)25)4-3-11-9-16(26-2)17(10-14(11)12)27-29(20,22)23/h9-10,12-13,15,18H,3-8H2,1-2H3,(H2,20,22,23)(H2,21,24,25)/t12-,13-,15-,18-,19-/m0/s1. The van der Waals surface area contributed by atoms with Crippen molar-refractivity contribution in [3.05, 3.63) is 23.3 Å². The first kappa shape index (κ1) is 21.8. The summed E-state index contributed by atoms with van der Waals surface area (Å²) >= 11 is 0. The molecule has 2 fully saturated rings. The van der Waals surface area contributed by atoms with E-state index in [1.165, 1.54) is 7.11 Å². The smallest absolute Gasteiger partial charge is 0.380 e. The Morgan fingerprint density at radius 1 is 1.00 bits per heavy atom. The summed E-state index contributed by atoms with van der Waals surface area (Å²) in [5.74, 6) is 1.31. The minimum Gasteiger partial charge on any atom is -0.493 e. The van der Waals surface area contributed by atoms with Gasteiger partial charge in [-0.2, -0.15) is 22.0 Å². The number of benzene rings is 1. The zero-order valence-electron chi connectivity index (χ0n) is 17.0. The van der Waals surface area contributed by atoms with Crippen molar-refractivity contribution in [1.29, 1.82) is 0 Å². The van der Waals surface area contributed by atoms with Crippen molar-refractivity contribution in [3.8, 4) is 11.5 Å². The first-order valence-corrected chi connectivity index (χ1v) is 13.0. The van der Waals surface area contributed by atoms with Gasteiger partial charge in [0, 0.05) is 0 Å². The van der Waals surface area contributed by atoms with Gasteiger partial charge in [0.2, 0.25) is 0 Å². The summed E-state index contributed by atoms with van der Waals surface area (Å²) in [5, 5.41) is 10.2. The molecule has 1 aromatic rings. The summed E-state index contributed by atoms with van der Waals surface area (Å²) in [6, 6.07) is 3.58. The van der Waals surface area contributed by atoms with Crippen LogP contribution in [0.15, 0.2) is 12.1 Å². The maximum Gasteiger partial charge on any atom is 0.380 e. The Kier molecular flexibility index (Phi) is 5.33. The fourth-order valence-electron chi connectivity index (χ4n) is 6.20. The lowest BCUT2D eigenvalue weighted by Gasteiger charge is -2.50. The topological polar surface area (TPSA) is 148 Å². The van der Waals surface area contributed by atoms with E-state index in [2.05, 4.69) is 6.92 Å². The number of nitrogens with two attached hydrogens (primary N) is 2. The van der Waals surface area contributed by atoms with Gasteiger partial charge in [-0.05, 0) is 85.0 Å². The lowest BCUT2D eigenvalue weighted by atomic mass is 9.55. The van der Waals surface area contributed by atoms with Crippen LogP contribution in [0.25, 0.3) is 0 Å². The molecule has 3 aliphatic rings. The van der Waals surface area contributed by atoms with E-state index in [1.807, 2.05) is 6.07 Å². The van der Waals surface area contributed by atoms with Gasteiger partial charge in [-0.25, -0.2) is 5.14 Å². The van der Waals surface area contributed by atoms with E-state index in [-0.39, 0.29) is 17.1 Å². The molecule has 9 nitrogen and oxygen atoms in total. The molecular weight excluding hydrogens is 432 g/mol. The predicted octanol–water partition coefficient (Wildman–Crippen LogP) is 1.72. The van der Waals surface area contributed by atoms with Crippen LogP contribution < -0.4 is 19.2 Å². The van der Waals surface area contributed by atoms with Gasteiger partial charge in [0.1, 0.15) is 0 Å². The lowest BCUT2D eigenvalue weighted by molar-refractivity contribution is -0.00805. The summed E-state index contributed by atoms with van der Waals surface area (Å²) in [4.78, 5) is 0. The molecule has 0 spiro atoms. The van der Waals surface area contributed by atoms with E-state index in [4.69, 9.17) is 23.4 Å². The van der Waals surface area contributed by atoms with Crippen LogP contribution in [0, 0.1) is 17.3 Å². The summed E-state index contributed by atoms with van der Waals surface area (Å²) < 4.78 is 61.6. The maximum atomic E-state index is 11.5. The van der Waals surface area contributed by atoms with Crippen molar-refractivity contribution < 1.29 is 29.9 Å². The molecular formula is C19H28N2O7S2. The second kappa shape index (κ2) is 7.33.